The van der Waals surface area contributed by atoms with Crippen LogP contribution in [-0.2, 0) is 4.79 Å². The Morgan fingerprint density at radius 3 is 2.54 bits per heavy atom. The predicted molar refractivity (Wildman–Crippen MR) is 110 cm³/mol. The molecular weight excluding hydrogens is 376 g/mol. The lowest BCUT2D eigenvalue weighted by molar-refractivity contribution is -0.113. The van der Waals surface area contributed by atoms with E-state index in [-0.39, 0.29) is 24.9 Å². The van der Waals surface area contributed by atoms with Gasteiger partial charge in [-0.15, -0.1) is 10.2 Å². The SMILES string of the molecule is Cc1cc(C)cc(NC(=O)CSc2nnc(-c3ccc(OCCO)cc3)[nH]2)c1. The van der Waals surface area contributed by atoms with E-state index in [1.54, 1.807) is 12.1 Å². The summed E-state index contributed by atoms with van der Waals surface area (Å²) in [6, 6.07) is 13.3. The topological polar surface area (TPSA) is 100 Å². The number of nitrogens with one attached hydrogen (secondary N) is 2. The lowest BCUT2D eigenvalue weighted by Crippen LogP contribution is -2.14. The van der Waals surface area contributed by atoms with Crippen LogP contribution in [0.1, 0.15) is 11.1 Å². The molecule has 0 atom stereocenters. The molecule has 8 heteroatoms. The highest BCUT2D eigenvalue weighted by Crippen LogP contribution is 2.22. The monoisotopic (exact) mass is 398 g/mol. The second-order valence-electron chi connectivity index (χ2n) is 6.29. The number of aliphatic hydroxyl groups excluding tert-OH is 1. The number of ether oxygens (including phenoxy) is 1. The average Bonchev–Trinajstić information content (AvgIpc) is 3.13. The van der Waals surface area contributed by atoms with Gasteiger partial charge >= 0.3 is 0 Å². The lowest BCUT2D eigenvalue weighted by atomic mass is 10.1. The van der Waals surface area contributed by atoms with E-state index in [1.165, 1.54) is 11.8 Å². The molecule has 0 saturated carbocycles. The third kappa shape index (κ3) is 5.58. The number of H-pyrrole nitrogens is 1. The summed E-state index contributed by atoms with van der Waals surface area (Å²) in [4.78, 5) is 15.3. The minimum Gasteiger partial charge on any atom is -0.491 e. The number of carbonyl (C=O) groups is 1. The van der Waals surface area contributed by atoms with Crippen molar-refractivity contribution in [1.29, 1.82) is 0 Å². The van der Waals surface area contributed by atoms with Gasteiger partial charge in [-0.2, -0.15) is 0 Å². The maximum absolute atomic E-state index is 12.2. The average molecular weight is 398 g/mol. The van der Waals surface area contributed by atoms with Crippen molar-refractivity contribution in [3.8, 4) is 17.1 Å². The van der Waals surface area contributed by atoms with Crippen molar-refractivity contribution in [3.05, 3.63) is 53.6 Å². The van der Waals surface area contributed by atoms with E-state index >= 15 is 0 Å². The highest BCUT2D eigenvalue weighted by Gasteiger charge is 2.09. The molecule has 1 amide bonds. The molecule has 0 spiro atoms. The Balaban J connectivity index is 1.54. The van der Waals surface area contributed by atoms with Crippen molar-refractivity contribution in [1.82, 2.24) is 15.2 Å². The number of aryl methyl sites for hydroxylation is 2. The summed E-state index contributed by atoms with van der Waals surface area (Å²) in [5, 5.41) is 20.5. The molecule has 0 aliphatic carbocycles. The number of anilines is 1. The van der Waals surface area contributed by atoms with Gasteiger partial charge in [0.25, 0.3) is 0 Å². The maximum Gasteiger partial charge on any atom is 0.234 e. The van der Waals surface area contributed by atoms with Crippen LogP contribution in [0.25, 0.3) is 11.4 Å². The van der Waals surface area contributed by atoms with Gasteiger partial charge in [-0.05, 0) is 61.4 Å². The number of carbonyl (C=O) groups excluding carboxylic acids is 1. The maximum atomic E-state index is 12.2. The fraction of sp³-hybridized carbons (Fsp3) is 0.250. The first-order valence-corrected chi connectivity index (χ1v) is 9.80. The van der Waals surface area contributed by atoms with E-state index in [0.717, 1.165) is 22.4 Å². The van der Waals surface area contributed by atoms with Crippen molar-refractivity contribution >= 4 is 23.4 Å². The molecule has 1 heterocycles. The van der Waals surface area contributed by atoms with Gasteiger partial charge in [0.2, 0.25) is 5.91 Å². The fourth-order valence-corrected chi connectivity index (χ4v) is 3.30. The molecule has 0 fully saturated rings. The Hall–Kier alpha value is -2.84. The van der Waals surface area contributed by atoms with E-state index in [4.69, 9.17) is 9.84 Å². The van der Waals surface area contributed by atoms with Gasteiger partial charge in [-0.25, -0.2) is 0 Å². The predicted octanol–water partition coefficient (Wildman–Crippen LogP) is 3.19. The first-order valence-electron chi connectivity index (χ1n) is 8.81. The Kier molecular flexibility index (Phi) is 6.67. The summed E-state index contributed by atoms with van der Waals surface area (Å²) < 4.78 is 5.33. The van der Waals surface area contributed by atoms with Crippen molar-refractivity contribution in [2.75, 3.05) is 24.3 Å². The molecule has 2 aromatic carbocycles. The Bertz CT molecular complexity index is 921. The van der Waals surface area contributed by atoms with Gasteiger partial charge in [-0.3, -0.25) is 4.79 Å². The van der Waals surface area contributed by atoms with Gasteiger partial charge in [0.1, 0.15) is 12.4 Å². The fourth-order valence-electron chi connectivity index (χ4n) is 2.69. The Morgan fingerprint density at radius 1 is 1.14 bits per heavy atom. The molecule has 0 saturated heterocycles. The summed E-state index contributed by atoms with van der Waals surface area (Å²) in [6.07, 6.45) is 0. The first kappa shape index (κ1) is 19.9. The third-order valence-electron chi connectivity index (χ3n) is 3.80. The number of amides is 1. The second kappa shape index (κ2) is 9.38. The molecule has 146 valence electrons. The number of hydrogen-bond acceptors (Lipinski definition) is 6. The molecule has 7 nitrogen and oxygen atoms in total. The van der Waals surface area contributed by atoms with E-state index in [1.807, 2.05) is 38.1 Å². The molecule has 0 unspecified atom stereocenters. The van der Waals surface area contributed by atoms with Crippen LogP contribution in [0.4, 0.5) is 5.69 Å². The van der Waals surface area contributed by atoms with Crippen LogP contribution in [-0.4, -0.2) is 45.2 Å². The lowest BCUT2D eigenvalue weighted by Gasteiger charge is -2.06. The number of aromatic nitrogens is 3. The van der Waals surface area contributed by atoms with Crippen LogP contribution in [0.5, 0.6) is 5.75 Å². The number of benzene rings is 2. The van der Waals surface area contributed by atoms with E-state index in [0.29, 0.717) is 16.7 Å². The summed E-state index contributed by atoms with van der Waals surface area (Å²) in [5.41, 5.74) is 3.87. The molecule has 0 aliphatic heterocycles. The van der Waals surface area contributed by atoms with Crippen LogP contribution in [0, 0.1) is 13.8 Å². The molecule has 0 radical (unpaired) electrons. The first-order chi connectivity index (χ1) is 13.5. The molecular formula is C20H22N4O3S. The molecule has 0 aliphatic rings. The number of hydrogen-bond donors (Lipinski definition) is 3. The van der Waals surface area contributed by atoms with Gasteiger partial charge < -0.3 is 20.1 Å². The normalized spacial score (nSPS) is 10.7. The zero-order chi connectivity index (χ0) is 19.9. The number of thioether (sulfide) groups is 1. The van der Waals surface area contributed by atoms with Crippen molar-refractivity contribution in [2.45, 2.75) is 19.0 Å². The van der Waals surface area contributed by atoms with Gasteiger partial charge in [0.05, 0.1) is 12.4 Å². The van der Waals surface area contributed by atoms with Crippen molar-refractivity contribution in [3.63, 3.8) is 0 Å². The van der Waals surface area contributed by atoms with Crippen LogP contribution in [0.3, 0.4) is 0 Å². The van der Waals surface area contributed by atoms with Crippen molar-refractivity contribution in [2.24, 2.45) is 0 Å². The van der Waals surface area contributed by atoms with E-state index < -0.39 is 0 Å². The molecule has 3 N–H and O–H groups in total. The number of aliphatic hydroxyl groups is 1. The Labute approximate surface area is 167 Å². The molecule has 28 heavy (non-hydrogen) atoms. The number of rotatable bonds is 8. The smallest absolute Gasteiger partial charge is 0.234 e. The summed E-state index contributed by atoms with van der Waals surface area (Å²) in [6.45, 7) is 4.23. The second-order valence-corrected chi connectivity index (χ2v) is 7.25. The van der Waals surface area contributed by atoms with Crippen LogP contribution in [0.15, 0.2) is 47.6 Å². The zero-order valence-corrected chi connectivity index (χ0v) is 16.5. The van der Waals surface area contributed by atoms with E-state index in [2.05, 4.69) is 26.6 Å². The largest absolute Gasteiger partial charge is 0.491 e. The number of nitrogens with zero attached hydrogens (tertiary/aromatic N) is 2. The minimum atomic E-state index is -0.0988. The third-order valence-corrected chi connectivity index (χ3v) is 4.66. The highest BCUT2D eigenvalue weighted by atomic mass is 32.2. The van der Waals surface area contributed by atoms with Crippen LogP contribution in [0.2, 0.25) is 0 Å². The zero-order valence-electron chi connectivity index (χ0n) is 15.7. The standard InChI is InChI=1S/C20H22N4O3S/c1-13-9-14(2)11-16(10-13)21-18(26)12-28-20-22-19(23-24-20)15-3-5-17(6-4-15)27-8-7-25/h3-6,9-11,25H,7-8,12H2,1-2H3,(H,21,26)(H,22,23,24). The van der Waals surface area contributed by atoms with Gasteiger partial charge in [0.15, 0.2) is 11.0 Å². The molecule has 0 bridgehead atoms. The summed E-state index contributed by atoms with van der Waals surface area (Å²) >= 11 is 1.29. The Morgan fingerprint density at radius 2 is 1.86 bits per heavy atom. The van der Waals surface area contributed by atoms with Gasteiger partial charge in [-0.1, -0.05) is 17.8 Å². The number of aromatic amines is 1. The van der Waals surface area contributed by atoms with Crippen LogP contribution < -0.4 is 10.1 Å². The summed E-state index contributed by atoms with van der Waals surface area (Å²) in [7, 11) is 0. The van der Waals surface area contributed by atoms with Crippen molar-refractivity contribution < 1.29 is 14.6 Å². The summed E-state index contributed by atoms with van der Waals surface area (Å²) in [5.74, 6) is 1.43. The molecule has 1 aromatic heterocycles. The quantitative estimate of drug-likeness (QED) is 0.504. The molecule has 3 aromatic rings. The molecule has 3 rings (SSSR count). The van der Waals surface area contributed by atoms with E-state index in [9.17, 15) is 4.79 Å². The van der Waals surface area contributed by atoms with Crippen LogP contribution >= 0.6 is 11.8 Å². The minimum absolute atomic E-state index is 0.0263. The van der Waals surface area contributed by atoms with Gasteiger partial charge in [0, 0.05) is 11.3 Å². The highest BCUT2D eigenvalue weighted by molar-refractivity contribution is 7.99.